The van der Waals surface area contributed by atoms with E-state index >= 15 is 0 Å². The third-order valence-corrected chi connectivity index (χ3v) is 8.39. The van der Waals surface area contributed by atoms with Gasteiger partial charge in [-0.1, -0.05) is 66.0 Å². The van der Waals surface area contributed by atoms with E-state index in [9.17, 15) is 18.0 Å². The minimum absolute atomic E-state index is 0.0637. The van der Waals surface area contributed by atoms with Gasteiger partial charge in [-0.05, 0) is 68.7 Å². The molecule has 1 atom stereocenters. The topological polar surface area (TPSA) is 86.8 Å². The average Bonchev–Trinajstić information content (AvgIpc) is 2.87. The van der Waals surface area contributed by atoms with Crippen LogP contribution in [0.1, 0.15) is 35.6 Å². The minimum Gasteiger partial charge on any atom is -0.357 e. The zero-order valence-corrected chi connectivity index (χ0v) is 23.9. The largest absolute Gasteiger partial charge is 0.357 e. The number of carbonyl (C=O) groups excluding carboxylic acids is 2. The van der Waals surface area contributed by atoms with Gasteiger partial charge >= 0.3 is 0 Å². The highest BCUT2D eigenvalue weighted by Crippen LogP contribution is 2.29. The van der Waals surface area contributed by atoms with Crippen LogP contribution in [0.3, 0.4) is 0 Å². The first kappa shape index (κ1) is 29.2. The summed E-state index contributed by atoms with van der Waals surface area (Å²) in [5.74, 6) is -0.809. The van der Waals surface area contributed by atoms with Gasteiger partial charge in [-0.2, -0.15) is 0 Å². The second-order valence-electron chi connectivity index (χ2n) is 9.30. The van der Waals surface area contributed by atoms with Crippen molar-refractivity contribution in [1.29, 1.82) is 0 Å². The van der Waals surface area contributed by atoms with Crippen LogP contribution in [-0.4, -0.2) is 44.8 Å². The smallest absolute Gasteiger partial charge is 0.264 e. The molecule has 3 rings (SSSR count). The van der Waals surface area contributed by atoms with Gasteiger partial charge in [0.1, 0.15) is 12.6 Å². The molecule has 0 saturated carbocycles. The SMILES string of the molecule is CC[C@@H](C(=O)NC)N(Cc1cccc(C)c1)C(=O)CN(c1ccc(Cl)cc1C)S(=O)(=O)c1ccc(C)cc1. The van der Waals surface area contributed by atoms with Gasteiger partial charge in [-0.3, -0.25) is 13.9 Å². The average molecular weight is 556 g/mol. The van der Waals surface area contributed by atoms with Crippen LogP contribution in [0.5, 0.6) is 0 Å². The summed E-state index contributed by atoms with van der Waals surface area (Å²) >= 11 is 6.15. The summed E-state index contributed by atoms with van der Waals surface area (Å²) < 4.78 is 28.9. The van der Waals surface area contributed by atoms with Crippen molar-refractivity contribution in [3.05, 3.63) is 94.0 Å². The number of hydrogen-bond acceptors (Lipinski definition) is 4. The molecule has 0 radical (unpaired) electrons. The molecule has 0 aromatic heterocycles. The third-order valence-electron chi connectivity index (χ3n) is 6.38. The number of nitrogens with one attached hydrogen (secondary N) is 1. The molecule has 1 N–H and O–H groups in total. The maximum absolute atomic E-state index is 14.0. The van der Waals surface area contributed by atoms with E-state index in [0.717, 1.165) is 21.0 Å². The Labute approximate surface area is 230 Å². The summed E-state index contributed by atoms with van der Waals surface area (Å²) in [6.07, 6.45) is 0.363. The molecule has 0 bridgehead atoms. The van der Waals surface area contributed by atoms with Gasteiger partial charge in [0.2, 0.25) is 11.8 Å². The van der Waals surface area contributed by atoms with Crippen LogP contribution in [-0.2, 0) is 26.2 Å². The van der Waals surface area contributed by atoms with Crippen molar-refractivity contribution in [2.75, 3.05) is 17.9 Å². The van der Waals surface area contributed by atoms with Gasteiger partial charge in [-0.25, -0.2) is 8.42 Å². The molecule has 0 spiro atoms. The van der Waals surface area contributed by atoms with Gasteiger partial charge in [0.15, 0.2) is 0 Å². The summed E-state index contributed by atoms with van der Waals surface area (Å²) in [5, 5.41) is 3.09. The lowest BCUT2D eigenvalue weighted by Crippen LogP contribution is -2.51. The third kappa shape index (κ3) is 6.74. The molecular formula is C29H34ClN3O4S. The molecule has 0 aliphatic heterocycles. The first-order valence-electron chi connectivity index (χ1n) is 12.4. The van der Waals surface area contributed by atoms with Gasteiger partial charge in [0, 0.05) is 18.6 Å². The lowest BCUT2D eigenvalue weighted by molar-refractivity contribution is -0.140. The Balaban J connectivity index is 2.10. The van der Waals surface area contributed by atoms with E-state index in [1.807, 2.05) is 45.0 Å². The molecule has 3 aromatic carbocycles. The van der Waals surface area contributed by atoms with Crippen LogP contribution in [0.25, 0.3) is 0 Å². The lowest BCUT2D eigenvalue weighted by atomic mass is 10.1. The Morgan fingerprint density at radius 1 is 0.947 bits per heavy atom. The van der Waals surface area contributed by atoms with E-state index in [4.69, 9.17) is 11.6 Å². The zero-order chi connectivity index (χ0) is 28.0. The van der Waals surface area contributed by atoms with E-state index in [2.05, 4.69) is 5.32 Å². The molecule has 0 saturated heterocycles. The van der Waals surface area contributed by atoms with Crippen molar-refractivity contribution in [1.82, 2.24) is 10.2 Å². The molecule has 0 fully saturated rings. The predicted octanol–water partition coefficient (Wildman–Crippen LogP) is 5.01. The fourth-order valence-corrected chi connectivity index (χ4v) is 6.05. The molecule has 7 nitrogen and oxygen atoms in total. The number of carbonyl (C=O) groups is 2. The number of anilines is 1. The second kappa shape index (κ2) is 12.5. The van der Waals surface area contributed by atoms with Crippen molar-refractivity contribution >= 4 is 39.1 Å². The first-order chi connectivity index (χ1) is 18.0. The maximum Gasteiger partial charge on any atom is 0.264 e. The number of sulfonamides is 1. The quantitative estimate of drug-likeness (QED) is 0.381. The fraction of sp³-hybridized carbons (Fsp3) is 0.310. The molecule has 38 heavy (non-hydrogen) atoms. The molecule has 0 aliphatic rings. The summed E-state index contributed by atoms with van der Waals surface area (Å²) in [6, 6.07) is 18.2. The van der Waals surface area contributed by atoms with Crippen LogP contribution < -0.4 is 9.62 Å². The first-order valence-corrected chi connectivity index (χ1v) is 14.2. The van der Waals surface area contributed by atoms with Crippen LogP contribution in [0, 0.1) is 20.8 Å². The molecule has 0 unspecified atom stereocenters. The van der Waals surface area contributed by atoms with Gasteiger partial charge < -0.3 is 10.2 Å². The molecule has 0 heterocycles. The van der Waals surface area contributed by atoms with E-state index in [-0.39, 0.29) is 17.3 Å². The van der Waals surface area contributed by atoms with Crippen molar-refractivity contribution in [2.45, 2.75) is 51.6 Å². The maximum atomic E-state index is 14.0. The predicted molar refractivity (Wildman–Crippen MR) is 152 cm³/mol. The van der Waals surface area contributed by atoms with E-state index in [1.165, 1.54) is 24.1 Å². The second-order valence-corrected chi connectivity index (χ2v) is 11.6. The van der Waals surface area contributed by atoms with Crippen molar-refractivity contribution in [3.63, 3.8) is 0 Å². The highest BCUT2D eigenvalue weighted by atomic mass is 35.5. The van der Waals surface area contributed by atoms with Crippen LogP contribution in [0.15, 0.2) is 71.6 Å². The Kier molecular flexibility index (Phi) is 9.57. The summed E-state index contributed by atoms with van der Waals surface area (Å²) in [6.45, 7) is 7.05. The van der Waals surface area contributed by atoms with Crippen molar-refractivity contribution in [3.8, 4) is 0 Å². The van der Waals surface area contributed by atoms with Crippen LogP contribution in [0.4, 0.5) is 5.69 Å². The monoisotopic (exact) mass is 555 g/mol. The summed E-state index contributed by atoms with van der Waals surface area (Å²) in [4.78, 5) is 28.3. The van der Waals surface area contributed by atoms with E-state index in [0.29, 0.717) is 22.7 Å². The van der Waals surface area contributed by atoms with Crippen molar-refractivity contribution in [2.24, 2.45) is 0 Å². The molecular weight excluding hydrogens is 522 g/mol. The Morgan fingerprint density at radius 2 is 1.63 bits per heavy atom. The van der Waals surface area contributed by atoms with E-state index < -0.39 is 28.5 Å². The molecule has 0 aliphatic carbocycles. The fourth-order valence-electron chi connectivity index (χ4n) is 4.34. The van der Waals surface area contributed by atoms with Crippen molar-refractivity contribution < 1.29 is 18.0 Å². The van der Waals surface area contributed by atoms with Gasteiger partial charge in [0.05, 0.1) is 10.6 Å². The Morgan fingerprint density at radius 3 is 2.21 bits per heavy atom. The number of likely N-dealkylation sites (N-methyl/N-ethyl adjacent to an activating group) is 1. The highest BCUT2D eigenvalue weighted by Gasteiger charge is 2.34. The molecule has 9 heteroatoms. The van der Waals surface area contributed by atoms with Crippen LogP contribution in [0.2, 0.25) is 5.02 Å². The number of aryl methyl sites for hydroxylation is 3. The van der Waals surface area contributed by atoms with Gasteiger partial charge in [-0.15, -0.1) is 0 Å². The molecule has 3 aromatic rings. The molecule has 2 amide bonds. The minimum atomic E-state index is -4.13. The number of nitrogens with zero attached hydrogens (tertiary/aromatic N) is 2. The Bertz CT molecular complexity index is 1410. The summed E-state index contributed by atoms with van der Waals surface area (Å²) in [7, 11) is -2.61. The lowest BCUT2D eigenvalue weighted by Gasteiger charge is -2.33. The standard InChI is InChI=1S/C29H34ClN3O4S/c1-6-26(29(35)31-5)32(18-23-9-7-8-21(3)16-23)28(34)19-33(27-15-12-24(30)17-22(27)4)38(36,37)25-13-10-20(2)11-14-25/h7-17,26H,6,18-19H2,1-5H3,(H,31,35)/t26-/m0/s1. The number of hydrogen-bond donors (Lipinski definition) is 1. The van der Waals surface area contributed by atoms with Crippen LogP contribution >= 0.6 is 11.6 Å². The number of amides is 2. The summed E-state index contributed by atoms with van der Waals surface area (Å²) in [5.41, 5.74) is 3.71. The van der Waals surface area contributed by atoms with E-state index in [1.54, 1.807) is 37.3 Å². The number of benzene rings is 3. The molecule has 202 valence electrons. The van der Waals surface area contributed by atoms with Gasteiger partial charge in [0.25, 0.3) is 10.0 Å². The Hall–Kier alpha value is -3.36. The highest BCUT2D eigenvalue weighted by molar-refractivity contribution is 7.92. The number of rotatable bonds is 10. The normalized spacial score (nSPS) is 12.1. The zero-order valence-electron chi connectivity index (χ0n) is 22.4. The number of halogens is 1.